The molecule has 0 saturated carbocycles. The standard InChI is InChI=1S/2C22H18F3N3O2S/c1-14-7-12-19(18-6-4-3-5-17(14)18)20-13-21(22(23,24)25)26-28(20)16-10-8-15(9-11-16)27-31(2,29)30;1-14-7-8-15-5-3-4-6-18(15)21(14)19-13-20(22(23,24)25)26-28(19)17-11-9-16(10-12-17)27-31(2,29)30/h2*3-13,27H,1-2H3. The second-order valence-electron chi connectivity index (χ2n) is 14.4. The molecule has 62 heavy (non-hydrogen) atoms. The normalized spacial score (nSPS) is 12.3. The molecule has 0 fully saturated rings. The topological polar surface area (TPSA) is 128 Å². The van der Waals surface area contributed by atoms with E-state index >= 15 is 0 Å². The maximum atomic E-state index is 13.5. The Labute approximate surface area is 352 Å². The molecule has 0 aliphatic carbocycles. The maximum Gasteiger partial charge on any atom is 0.435 e. The number of rotatable bonds is 8. The highest BCUT2D eigenvalue weighted by Crippen LogP contribution is 2.39. The number of sulfonamides is 2. The number of aryl methyl sites for hydroxylation is 2. The molecule has 8 aromatic rings. The Morgan fingerprint density at radius 2 is 0.935 bits per heavy atom. The second kappa shape index (κ2) is 16.3. The smallest absolute Gasteiger partial charge is 0.284 e. The molecule has 10 nitrogen and oxygen atoms in total. The van der Waals surface area contributed by atoms with Gasteiger partial charge in [0.2, 0.25) is 20.0 Å². The molecule has 0 saturated heterocycles. The van der Waals surface area contributed by atoms with Crippen molar-refractivity contribution in [1.82, 2.24) is 19.6 Å². The van der Waals surface area contributed by atoms with Crippen LogP contribution in [0.2, 0.25) is 0 Å². The predicted molar refractivity (Wildman–Crippen MR) is 229 cm³/mol. The summed E-state index contributed by atoms with van der Waals surface area (Å²) in [6.45, 7) is 3.78. The molecule has 0 unspecified atom stereocenters. The maximum absolute atomic E-state index is 13.5. The number of alkyl halides is 6. The first kappa shape index (κ1) is 43.4. The second-order valence-corrected chi connectivity index (χ2v) is 17.9. The Morgan fingerprint density at radius 1 is 0.500 bits per heavy atom. The average molecular weight is 891 g/mol. The highest BCUT2D eigenvalue weighted by molar-refractivity contribution is 7.92. The van der Waals surface area contributed by atoms with E-state index in [9.17, 15) is 43.2 Å². The van der Waals surface area contributed by atoms with Gasteiger partial charge < -0.3 is 0 Å². The molecule has 0 aliphatic rings. The average Bonchev–Trinajstić information content (AvgIpc) is 3.85. The largest absolute Gasteiger partial charge is 0.435 e. The van der Waals surface area contributed by atoms with Crippen LogP contribution in [0.15, 0.2) is 133 Å². The molecule has 0 amide bonds. The number of fused-ring (bicyclic) bond motifs is 2. The summed E-state index contributed by atoms with van der Waals surface area (Å²) >= 11 is 0. The summed E-state index contributed by atoms with van der Waals surface area (Å²) in [6, 6.07) is 36.4. The Hall–Kier alpha value is -6.66. The highest BCUT2D eigenvalue weighted by atomic mass is 32.2. The number of hydrogen-bond donors (Lipinski definition) is 2. The van der Waals surface area contributed by atoms with Gasteiger partial charge in [-0.05, 0) is 107 Å². The van der Waals surface area contributed by atoms with Crippen molar-refractivity contribution in [1.29, 1.82) is 0 Å². The van der Waals surface area contributed by atoms with Crippen LogP contribution in [0.1, 0.15) is 22.5 Å². The Kier molecular flexibility index (Phi) is 11.4. The van der Waals surface area contributed by atoms with E-state index < -0.39 is 43.8 Å². The van der Waals surface area contributed by atoms with Crippen LogP contribution in [0.5, 0.6) is 0 Å². The van der Waals surface area contributed by atoms with Crippen molar-refractivity contribution in [3.8, 4) is 33.9 Å². The van der Waals surface area contributed by atoms with E-state index in [1.807, 2.05) is 80.6 Å². The van der Waals surface area contributed by atoms with Crippen molar-refractivity contribution in [3.05, 3.63) is 156 Å². The fraction of sp³-hybridized carbons (Fsp3) is 0.136. The number of anilines is 2. The van der Waals surface area contributed by atoms with Gasteiger partial charge in [-0.15, -0.1) is 0 Å². The molecule has 0 atom stereocenters. The van der Waals surface area contributed by atoms with Crippen molar-refractivity contribution >= 4 is 53.0 Å². The van der Waals surface area contributed by atoms with Crippen LogP contribution < -0.4 is 9.44 Å². The number of hydrogen-bond acceptors (Lipinski definition) is 6. The fourth-order valence-corrected chi connectivity index (χ4v) is 8.09. The first-order valence-corrected chi connectivity index (χ1v) is 22.3. The van der Waals surface area contributed by atoms with Crippen LogP contribution in [-0.4, -0.2) is 48.9 Å². The van der Waals surface area contributed by atoms with Gasteiger partial charge in [0, 0.05) is 22.5 Å². The molecular weight excluding hydrogens is 855 g/mol. The SMILES string of the molecule is Cc1ccc(-c2cc(C(F)(F)F)nn2-c2ccc(NS(C)(=O)=O)cc2)c2ccccc12.Cc1ccc2ccccc2c1-c1cc(C(F)(F)F)nn1-c1ccc(NS(C)(=O)=O)cc1. The molecule has 2 heterocycles. The van der Waals surface area contributed by atoms with Crippen molar-refractivity contribution in [2.45, 2.75) is 26.2 Å². The van der Waals surface area contributed by atoms with Crippen molar-refractivity contribution in [2.75, 3.05) is 22.0 Å². The first-order chi connectivity index (χ1) is 29.1. The fourth-order valence-electron chi connectivity index (χ4n) is 6.97. The van der Waals surface area contributed by atoms with E-state index in [4.69, 9.17) is 0 Å². The number of nitrogens with one attached hydrogen (secondary N) is 2. The van der Waals surface area contributed by atoms with Gasteiger partial charge in [0.05, 0.1) is 35.3 Å². The summed E-state index contributed by atoms with van der Waals surface area (Å²) in [5.74, 6) is 0. The molecule has 320 valence electrons. The van der Waals surface area contributed by atoms with Gasteiger partial charge in [-0.1, -0.05) is 72.8 Å². The third-order valence-corrected chi connectivity index (χ3v) is 10.9. The molecule has 2 N–H and O–H groups in total. The van der Waals surface area contributed by atoms with Gasteiger partial charge in [-0.25, -0.2) is 26.2 Å². The van der Waals surface area contributed by atoms with Gasteiger partial charge in [-0.2, -0.15) is 36.5 Å². The molecule has 18 heteroatoms. The lowest BCUT2D eigenvalue weighted by molar-refractivity contribution is -0.142. The minimum atomic E-state index is -4.61. The quantitative estimate of drug-likeness (QED) is 0.146. The molecule has 2 aromatic heterocycles. The molecule has 6 aromatic carbocycles. The summed E-state index contributed by atoms with van der Waals surface area (Å²) in [6.07, 6.45) is -7.19. The van der Waals surface area contributed by atoms with Crippen LogP contribution in [0.25, 0.3) is 55.4 Å². The minimum absolute atomic E-state index is 0.285. The van der Waals surface area contributed by atoms with Crippen molar-refractivity contribution < 1.29 is 43.2 Å². The number of halogens is 6. The van der Waals surface area contributed by atoms with Crippen LogP contribution in [0, 0.1) is 13.8 Å². The zero-order valence-corrected chi connectivity index (χ0v) is 34.8. The molecular formula is C44H36F6N6O4S2. The van der Waals surface area contributed by atoms with Crippen LogP contribution >= 0.6 is 0 Å². The lowest BCUT2D eigenvalue weighted by atomic mass is 9.97. The molecule has 0 radical (unpaired) electrons. The Balaban J connectivity index is 0.000000186. The van der Waals surface area contributed by atoms with Crippen LogP contribution in [-0.2, 0) is 32.4 Å². The van der Waals surface area contributed by atoms with E-state index in [0.29, 0.717) is 39.6 Å². The van der Waals surface area contributed by atoms with Gasteiger partial charge in [0.25, 0.3) is 0 Å². The van der Waals surface area contributed by atoms with E-state index in [1.165, 1.54) is 57.9 Å². The molecule has 8 rings (SSSR count). The number of nitrogens with zero attached hydrogens (tertiary/aromatic N) is 4. The minimum Gasteiger partial charge on any atom is -0.284 e. The van der Waals surface area contributed by atoms with Gasteiger partial charge in [-0.3, -0.25) is 9.44 Å². The summed E-state index contributed by atoms with van der Waals surface area (Å²) in [7, 11) is -6.94. The third-order valence-electron chi connectivity index (χ3n) is 9.64. The van der Waals surface area contributed by atoms with Gasteiger partial charge in [0.1, 0.15) is 0 Å². The summed E-state index contributed by atoms with van der Waals surface area (Å²) in [5.41, 5.74) is 3.00. The van der Waals surface area contributed by atoms with Crippen LogP contribution in [0.4, 0.5) is 37.7 Å². The Morgan fingerprint density at radius 3 is 1.44 bits per heavy atom. The summed E-state index contributed by atoms with van der Waals surface area (Å²) < 4.78 is 134. The molecule has 0 spiro atoms. The lowest BCUT2D eigenvalue weighted by Gasteiger charge is -2.13. The molecule has 0 aliphatic heterocycles. The highest BCUT2D eigenvalue weighted by Gasteiger charge is 2.37. The number of aromatic nitrogens is 4. The summed E-state index contributed by atoms with van der Waals surface area (Å²) in [5, 5.41) is 11.1. The Bertz CT molecular complexity index is 3180. The van der Waals surface area contributed by atoms with E-state index in [2.05, 4.69) is 19.6 Å². The van der Waals surface area contributed by atoms with Gasteiger partial charge in [0.15, 0.2) is 11.4 Å². The van der Waals surface area contributed by atoms with Crippen LogP contribution in [0.3, 0.4) is 0 Å². The van der Waals surface area contributed by atoms with Crippen molar-refractivity contribution in [3.63, 3.8) is 0 Å². The number of benzene rings is 6. The lowest BCUT2D eigenvalue weighted by Crippen LogP contribution is -2.10. The van der Waals surface area contributed by atoms with E-state index in [1.54, 1.807) is 6.07 Å². The van der Waals surface area contributed by atoms with E-state index in [-0.39, 0.29) is 5.69 Å². The summed E-state index contributed by atoms with van der Waals surface area (Å²) in [4.78, 5) is 0. The first-order valence-electron chi connectivity index (χ1n) is 18.5. The predicted octanol–water partition coefficient (Wildman–Crippen LogP) is 10.8. The third kappa shape index (κ3) is 9.61. The van der Waals surface area contributed by atoms with Crippen molar-refractivity contribution in [2.24, 2.45) is 0 Å². The molecule has 0 bridgehead atoms. The zero-order chi connectivity index (χ0) is 44.8. The van der Waals surface area contributed by atoms with E-state index in [0.717, 1.165) is 57.3 Å². The van der Waals surface area contributed by atoms with Gasteiger partial charge >= 0.3 is 12.4 Å². The monoisotopic (exact) mass is 890 g/mol. The zero-order valence-electron chi connectivity index (χ0n) is 33.2.